The maximum absolute atomic E-state index is 12.1. The number of hydrogen-bond donors (Lipinski definition) is 1. The largest absolute Gasteiger partial charge is 0.478 e. The minimum Gasteiger partial charge on any atom is -0.478 e. The second-order valence-corrected chi connectivity index (χ2v) is 6.94. The van der Waals surface area contributed by atoms with E-state index in [1.165, 1.54) is 12.1 Å². The summed E-state index contributed by atoms with van der Waals surface area (Å²) in [6.07, 6.45) is 2.91. The smallest absolute Gasteiger partial charge is 0.335 e. The molecule has 0 amide bonds. The first kappa shape index (κ1) is 13.1. The van der Waals surface area contributed by atoms with Crippen molar-refractivity contribution in [1.29, 1.82) is 0 Å². The van der Waals surface area contributed by atoms with Gasteiger partial charge in [-0.1, -0.05) is 18.9 Å². The minimum absolute atomic E-state index is 0.0579. The summed E-state index contributed by atoms with van der Waals surface area (Å²) in [5.74, 6) is -0.435. The highest BCUT2D eigenvalue weighted by molar-refractivity contribution is 7.91. The number of rotatable bonds is 5. The molecule has 2 rings (SSSR count). The molecular weight excluding hydrogens is 252 g/mol. The van der Waals surface area contributed by atoms with Crippen LogP contribution in [0, 0.1) is 12.8 Å². The maximum atomic E-state index is 12.1. The van der Waals surface area contributed by atoms with Crippen LogP contribution >= 0.6 is 0 Å². The topological polar surface area (TPSA) is 71.4 Å². The van der Waals surface area contributed by atoms with E-state index in [0.717, 1.165) is 12.8 Å². The molecule has 18 heavy (non-hydrogen) atoms. The van der Waals surface area contributed by atoms with E-state index in [1.54, 1.807) is 13.0 Å². The normalized spacial score (nSPS) is 15.6. The molecular formula is C13H16O4S. The average Bonchev–Trinajstić information content (AvgIpc) is 3.10. The van der Waals surface area contributed by atoms with E-state index in [4.69, 9.17) is 5.11 Å². The molecule has 1 fully saturated rings. The van der Waals surface area contributed by atoms with Gasteiger partial charge in [0.1, 0.15) is 0 Å². The SMILES string of the molecule is Cc1ccc(S(=O)(=O)CCC2CC2)cc1C(=O)O. The maximum Gasteiger partial charge on any atom is 0.335 e. The highest BCUT2D eigenvalue weighted by atomic mass is 32.2. The van der Waals surface area contributed by atoms with Crippen LogP contribution in [-0.4, -0.2) is 25.2 Å². The zero-order valence-corrected chi connectivity index (χ0v) is 11.0. The number of hydrogen-bond acceptors (Lipinski definition) is 3. The fraction of sp³-hybridized carbons (Fsp3) is 0.462. The molecule has 0 radical (unpaired) electrons. The van der Waals surface area contributed by atoms with Gasteiger partial charge in [-0.05, 0) is 37.0 Å². The van der Waals surface area contributed by atoms with Gasteiger partial charge < -0.3 is 5.11 Å². The van der Waals surface area contributed by atoms with Gasteiger partial charge in [-0.2, -0.15) is 0 Å². The van der Waals surface area contributed by atoms with Gasteiger partial charge in [-0.15, -0.1) is 0 Å². The third kappa shape index (κ3) is 2.90. The molecule has 1 aromatic carbocycles. The Morgan fingerprint density at radius 2 is 2.06 bits per heavy atom. The van der Waals surface area contributed by atoms with Crippen molar-refractivity contribution in [3.63, 3.8) is 0 Å². The van der Waals surface area contributed by atoms with Gasteiger partial charge in [0.15, 0.2) is 9.84 Å². The van der Waals surface area contributed by atoms with Crippen LogP contribution in [0.2, 0.25) is 0 Å². The summed E-state index contributed by atoms with van der Waals surface area (Å²) in [6, 6.07) is 4.30. The Morgan fingerprint density at radius 3 is 2.61 bits per heavy atom. The lowest BCUT2D eigenvalue weighted by molar-refractivity contribution is 0.0696. The highest BCUT2D eigenvalue weighted by Crippen LogP contribution is 2.33. The molecule has 4 nitrogen and oxygen atoms in total. The number of aromatic carboxylic acids is 1. The summed E-state index contributed by atoms with van der Waals surface area (Å²) in [4.78, 5) is 11.1. The highest BCUT2D eigenvalue weighted by Gasteiger charge is 2.25. The fourth-order valence-electron chi connectivity index (χ4n) is 1.87. The van der Waals surface area contributed by atoms with Gasteiger partial charge in [0.05, 0.1) is 16.2 Å². The van der Waals surface area contributed by atoms with Gasteiger partial charge >= 0.3 is 5.97 Å². The Kier molecular flexibility index (Phi) is 3.43. The predicted molar refractivity (Wildman–Crippen MR) is 67.5 cm³/mol. The molecule has 0 atom stereocenters. The van der Waals surface area contributed by atoms with E-state index in [9.17, 15) is 13.2 Å². The first-order chi connectivity index (χ1) is 8.40. The molecule has 1 aliphatic carbocycles. The van der Waals surface area contributed by atoms with Crippen LogP contribution in [0.25, 0.3) is 0 Å². The molecule has 1 N–H and O–H groups in total. The van der Waals surface area contributed by atoms with Crippen molar-refractivity contribution in [3.05, 3.63) is 29.3 Å². The molecule has 0 unspecified atom stereocenters. The van der Waals surface area contributed by atoms with Crippen molar-refractivity contribution >= 4 is 15.8 Å². The van der Waals surface area contributed by atoms with Crippen molar-refractivity contribution in [2.45, 2.75) is 31.1 Å². The lowest BCUT2D eigenvalue weighted by Crippen LogP contribution is -2.09. The van der Waals surface area contributed by atoms with E-state index >= 15 is 0 Å². The van der Waals surface area contributed by atoms with E-state index in [2.05, 4.69) is 0 Å². The molecule has 0 heterocycles. The lowest BCUT2D eigenvalue weighted by Gasteiger charge is -2.07. The standard InChI is InChI=1S/C13H16O4S/c1-9-2-5-11(8-12(9)13(14)15)18(16,17)7-6-10-3-4-10/h2,5,8,10H,3-4,6-7H2,1H3,(H,14,15). The van der Waals surface area contributed by atoms with Crippen molar-refractivity contribution in [2.24, 2.45) is 5.92 Å². The number of carbonyl (C=O) groups is 1. The lowest BCUT2D eigenvalue weighted by atomic mass is 10.1. The third-order valence-electron chi connectivity index (χ3n) is 3.29. The molecule has 1 aromatic rings. The molecule has 0 aromatic heterocycles. The number of carboxylic acid groups (broad SMARTS) is 1. The Bertz CT molecular complexity index is 571. The first-order valence-corrected chi connectivity index (χ1v) is 7.62. The molecule has 0 spiro atoms. The predicted octanol–water partition coefficient (Wildman–Crippen LogP) is 2.27. The molecule has 0 saturated heterocycles. The van der Waals surface area contributed by atoms with Gasteiger partial charge in [0.2, 0.25) is 0 Å². The van der Waals surface area contributed by atoms with Crippen LogP contribution in [-0.2, 0) is 9.84 Å². The molecule has 0 aliphatic heterocycles. The van der Waals surface area contributed by atoms with Gasteiger partial charge in [-0.25, -0.2) is 13.2 Å². The number of aryl methyl sites for hydroxylation is 1. The average molecular weight is 268 g/mol. The summed E-state index contributed by atoms with van der Waals surface area (Å²) in [5.41, 5.74) is 0.631. The summed E-state index contributed by atoms with van der Waals surface area (Å²) >= 11 is 0. The second-order valence-electron chi connectivity index (χ2n) is 4.83. The van der Waals surface area contributed by atoms with Crippen molar-refractivity contribution < 1.29 is 18.3 Å². The Hall–Kier alpha value is -1.36. The van der Waals surface area contributed by atoms with Crippen molar-refractivity contribution in [1.82, 2.24) is 0 Å². The van der Waals surface area contributed by atoms with E-state index in [-0.39, 0.29) is 16.2 Å². The zero-order chi connectivity index (χ0) is 13.3. The van der Waals surface area contributed by atoms with Crippen LogP contribution in [0.5, 0.6) is 0 Å². The van der Waals surface area contributed by atoms with Gasteiger partial charge in [0.25, 0.3) is 0 Å². The van der Waals surface area contributed by atoms with Crippen molar-refractivity contribution in [2.75, 3.05) is 5.75 Å². The Labute approximate surface area is 107 Å². The van der Waals surface area contributed by atoms with Gasteiger partial charge in [0, 0.05) is 0 Å². The summed E-state index contributed by atoms with van der Waals surface area (Å²) in [6.45, 7) is 1.66. The van der Waals surface area contributed by atoms with Crippen LogP contribution in [0.1, 0.15) is 35.2 Å². The molecule has 5 heteroatoms. The molecule has 1 saturated carbocycles. The van der Waals surface area contributed by atoms with Crippen molar-refractivity contribution in [3.8, 4) is 0 Å². The number of carboxylic acids is 1. The van der Waals surface area contributed by atoms with Crippen LogP contribution in [0.3, 0.4) is 0 Å². The van der Waals surface area contributed by atoms with E-state index in [0.29, 0.717) is 17.9 Å². The zero-order valence-electron chi connectivity index (χ0n) is 10.2. The quantitative estimate of drug-likeness (QED) is 0.889. The van der Waals surface area contributed by atoms with Gasteiger partial charge in [-0.3, -0.25) is 0 Å². The third-order valence-corrected chi connectivity index (χ3v) is 5.04. The fourth-order valence-corrected chi connectivity index (χ4v) is 3.32. The molecule has 0 bridgehead atoms. The summed E-state index contributed by atoms with van der Waals surface area (Å²) < 4.78 is 24.1. The Morgan fingerprint density at radius 1 is 1.39 bits per heavy atom. The van der Waals surface area contributed by atoms with Crippen LogP contribution < -0.4 is 0 Å². The monoisotopic (exact) mass is 268 g/mol. The van der Waals surface area contributed by atoms with E-state index < -0.39 is 15.8 Å². The van der Waals surface area contributed by atoms with E-state index in [1.807, 2.05) is 0 Å². The second kappa shape index (κ2) is 4.72. The summed E-state index contributed by atoms with van der Waals surface area (Å²) in [7, 11) is -3.35. The Balaban J connectivity index is 2.25. The van der Waals surface area contributed by atoms with Crippen LogP contribution in [0.4, 0.5) is 0 Å². The molecule has 1 aliphatic rings. The number of sulfone groups is 1. The number of benzene rings is 1. The first-order valence-electron chi connectivity index (χ1n) is 5.97. The molecule has 98 valence electrons. The van der Waals surface area contributed by atoms with Crippen LogP contribution in [0.15, 0.2) is 23.1 Å². The summed E-state index contributed by atoms with van der Waals surface area (Å²) in [5, 5.41) is 8.99. The minimum atomic E-state index is -3.35.